The number of aromatic nitrogens is 2. The van der Waals surface area contributed by atoms with E-state index < -0.39 is 0 Å². The summed E-state index contributed by atoms with van der Waals surface area (Å²) in [4.78, 5) is 24.1. The van der Waals surface area contributed by atoms with Gasteiger partial charge < -0.3 is 10.6 Å². The van der Waals surface area contributed by atoms with Gasteiger partial charge in [-0.25, -0.2) is 4.68 Å². The number of benzene rings is 2. The highest BCUT2D eigenvalue weighted by molar-refractivity contribution is 6.30. The third kappa shape index (κ3) is 5.43. The van der Waals surface area contributed by atoms with Crippen molar-refractivity contribution in [3.63, 3.8) is 0 Å². The molecule has 0 aliphatic rings. The number of carbonyl (C=O) groups is 2. The molecule has 0 saturated carbocycles. The van der Waals surface area contributed by atoms with Crippen molar-refractivity contribution < 1.29 is 9.59 Å². The predicted molar refractivity (Wildman–Crippen MR) is 105 cm³/mol. The molecular weight excluding hydrogens is 364 g/mol. The van der Waals surface area contributed by atoms with Crippen LogP contribution in [0.25, 0.3) is 0 Å². The predicted octanol–water partition coefficient (Wildman–Crippen LogP) is 3.34. The van der Waals surface area contributed by atoms with Gasteiger partial charge in [-0.15, -0.1) is 0 Å². The van der Waals surface area contributed by atoms with Crippen LogP contribution in [0.5, 0.6) is 0 Å². The molecule has 0 saturated heterocycles. The lowest BCUT2D eigenvalue weighted by molar-refractivity contribution is -0.116. The molecule has 0 fully saturated rings. The summed E-state index contributed by atoms with van der Waals surface area (Å²) >= 11 is 5.89. The Kier molecular flexibility index (Phi) is 6.22. The molecule has 2 amide bonds. The Bertz CT molecular complexity index is 907. The van der Waals surface area contributed by atoms with Crippen LogP contribution in [0.2, 0.25) is 5.02 Å². The lowest BCUT2D eigenvalue weighted by atomic mass is 10.2. The Morgan fingerprint density at radius 1 is 1.00 bits per heavy atom. The van der Waals surface area contributed by atoms with E-state index in [1.165, 1.54) is 0 Å². The maximum absolute atomic E-state index is 12.2. The summed E-state index contributed by atoms with van der Waals surface area (Å²) in [6, 6.07) is 18.1. The number of hydrogen-bond acceptors (Lipinski definition) is 3. The summed E-state index contributed by atoms with van der Waals surface area (Å²) in [5.74, 6) is 0.210. The first-order valence-electron chi connectivity index (χ1n) is 8.51. The first-order valence-corrected chi connectivity index (χ1v) is 8.89. The Balaban J connectivity index is 1.49. The normalized spacial score (nSPS) is 10.4. The van der Waals surface area contributed by atoms with Crippen molar-refractivity contribution >= 4 is 29.2 Å². The van der Waals surface area contributed by atoms with Crippen molar-refractivity contribution in [3.05, 3.63) is 83.0 Å². The van der Waals surface area contributed by atoms with Crippen molar-refractivity contribution in [1.29, 1.82) is 0 Å². The smallest absolute Gasteiger partial charge is 0.251 e. The molecule has 0 spiro atoms. The standard InChI is InChI=1S/C20H19ClN4O2/c21-17-8-6-15(7-9-17)14-25-18(10-13-23-25)24-19(26)11-12-22-20(27)16-4-2-1-3-5-16/h1-10,13H,11-12,14H2,(H,22,27)(H,24,26). The van der Waals surface area contributed by atoms with Crippen LogP contribution in [-0.4, -0.2) is 28.1 Å². The van der Waals surface area contributed by atoms with Gasteiger partial charge in [0.15, 0.2) is 0 Å². The van der Waals surface area contributed by atoms with Crippen LogP contribution < -0.4 is 10.6 Å². The monoisotopic (exact) mass is 382 g/mol. The minimum Gasteiger partial charge on any atom is -0.352 e. The summed E-state index contributed by atoms with van der Waals surface area (Å²) in [7, 11) is 0. The number of anilines is 1. The minimum atomic E-state index is -0.198. The van der Waals surface area contributed by atoms with Crippen LogP contribution in [-0.2, 0) is 11.3 Å². The molecule has 0 atom stereocenters. The quantitative estimate of drug-likeness (QED) is 0.658. The maximum atomic E-state index is 12.2. The van der Waals surface area contributed by atoms with Gasteiger partial charge in [0.1, 0.15) is 5.82 Å². The van der Waals surface area contributed by atoms with Crippen LogP contribution in [0, 0.1) is 0 Å². The lowest BCUT2D eigenvalue weighted by Crippen LogP contribution is -2.28. The number of nitrogens with one attached hydrogen (secondary N) is 2. The first kappa shape index (κ1) is 18.7. The topological polar surface area (TPSA) is 76.0 Å². The molecule has 2 aromatic carbocycles. The number of nitrogens with zero attached hydrogens (tertiary/aromatic N) is 2. The summed E-state index contributed by atoms with van der Waals surface area (Å²) in [5, 5.41) is 10.5. The number of amides is 2. The van der Waals surface area contributed by atoms with E-state index in [9.17, 15) is 9.59 Å². The van der Waals surface area contributed by atoms with E-state index >= 15 is 0 Å². The van der Waals surface area contributed by atoms with Crippen molar-refractivity contribution in [2.24, 2.45) is 0 Å². The van der Waals surface area contributed by atoms with Crippen molar-refractivity contribution in [2.45, 2.75) is 13.0 Å². The van der Waals surface area contributed by atoms with Crippen LogP contribution in [0.3, 0.4) is 0 Å². The number of carbonyl (C=O) groups excluding carboxylic acids is 2. The van der Waals surface area contributed by atoms with Crippen molar-refractivity contribution in [2.75, 3.05) is 11.9 Å². The van der Waals surface area contributed by atoms with Gasteiger partial charge in [0, 0.05) is 29.6 Å². The molecule has 3 aromatic rings. The molecular formula is C20H19ClN4O2. The van der Waals surface area contributed by atoms with Gasteiger partial charge in [-0.2, -0.15) is 5.10 Å². The highest BCUT2D eigenvalue weighted by atomic mass is 35.5. The minimum absolute atomic E-state index is 0.171. The second-order valence-electron chi connectivity index (χ2n) is 5.92. The Labute approximate surface area is 162 Å². The molecule has 1 heterocycles. The molecule has 138 valence electrons. The van der Waals surface area contributed by atoms with Gasteiger partial charge in [-0.1, -0.05) is 41.9 Å². The van der Waals surface area contributed by atoms with Gasteiger partial charge in [-0.3, -0.25) is 9.59 Å². The van der Waals surface area contributed by atoms with E-state index in [0.717, 1.165) is 5.56 Å². The summed E-state index contributed by atoms with van der Waals surface area (Å²) < 4.78 is 1.70. The summed E-state index contributed by atoms with van der Waals surface area (Å²) in [5.41, 5.74) is 1.59. The molecule has 0 aliphatic carbocycles. The third-order valence-corrected chi connectivity index (χ3v) is 4.16. The Morgan fingerprint density at radius 3 is 2.48 bits per heavy atom. The van der Waals surface area contributed by atoms with Gasteiger partial charge in [0.25, 0.3) is 5.91 Å². The largest absolute Gasteiger partial charge is 0.352 e. The van der Waals surface area contributed by atoms with Gasteiger partial charge >= 0.3 is 0 Å². The second-order valence-corrected chi connectivity index (χ2v) is 6.36. The average Bonchev–Trinajstić information content (AvgIpc) is 3.10. The molecule has 6 nitrogen and oxygen atoms in total. The van der Waals surface area contributed by atoms with Gasteiger partial charge in [-0.05, 0) is 29.8 Å². The lowest BCUT2D eigenvalue weighted by Gasteiger charge is -2.10. The zero-order valence-corrected chi connectivity index (χ0v) is 15.3. The number of halogens is 1. The average molecular weight is 383 g/mol. The van der Waals surface area contributed by atoms with Gasteiger partial charge in [0.2, 0.25) is 5.91 Å². The highest BCUT2D eigenvalue weighted by Crippen LogP contribution is 2.13. The molecule has 0 radical (unpaired) electrons. The fourth-order valence-corrected chi connectivity index (χ4v) is 2.64. The summed E-state index contributed by atoms with van der Waals surface area (Å²) in [6.07, 6.45) is 1.80. The van der Waals surface area contributed by atoms with E-state index in [2.05, 4.69) is 15.7 Å². The molecule has 7 heteroatoms. The van der Waals surface area contributed by atoms with Crippen LogP contribution in [0.15, 0.2) is 66.9 Å². The Hall–Kier alpha value is -3.12. The second kappa shape index (κ2) is 9.00. The molecule has 2 N–H and O–H groups in total. The first-order chi connectivity index (χ1) is 13.1. The van der Waals surface area contributed by atoms with E-state index in [1.54, 1.807) is 41.2 Å². The zero-order valence-electron chi connectivity index (χ0n) is 14.6. The fraction of sp³-hybridized carbons (Fsp3) is 0.150. The van der Waals surface area contributed by atoms with Crippen LogP contribution >= 0.6 is 11.6 Å². The van der Waals surface area contributed by atoms with E-state index in [1.807, 2.05) is 30.3 Å². The third-order valence-electron chi connectivity index (χ3n) is 3.90. The zero-order chi connectivity index (χ0) is 19.1. The van der Waals surface area contributed by atoms with Crippen LogP contribution in [0.4, 0.5) is 5.82 Å². The molecule has 1 aromatic heterocycles. The number of hydrogen-bond donors (Lipinski definition) is 2. The Morgan fingerprint density at radius 2 is 1.74 bits per heavy atom. The van der Waals surface area contributed by atoms with Crippen molar-refractivity contribution in [3.8, 4) is 0 Å². The highest BCUT2D eigenvalue weighted by Gasteiger charge is 2.09. The van der Waals surface area contributed by atoms with Crippen LogP contribution in [0.1, 0.15) is 22.3 Å². The number of rotatable bonds is 7. The van der Waals surface area contributed by atoms with E-state index in [-0.39, 0.29) is 24.8 Å². The van der Waals surface area contributed by atoms with E-state index in [4.69, 9.17) is 11.6 Å². The summed E-state index contributed by atoms with van der Waals surface area (Å²) in [6.45, 7) is 0.773. The fourth-order valence-electron chi connectivity index (χ4n) is 2.51. The molecule has 0 unspecified atom stereocenters. The van der Waals surface area contributed by atoms with E-state index in [0.29, 0.717) is 22.9 Å². The van der Waals surface area contributed by atoms with Crippen molar-refractivity contribution in [1.82, 2.24) is 15.1 Å². The molecule has 3 rings (SSSR count). The molecule has 27 heavy (non-hydrogen) atoms. The SMILES string of the molecule is O=C(CCNC(=O)c1ccccc1)Nc1ccnn1Cc1ccc(Cl)cc1. The molecule has 0 bridgehead atoms. The maximum Gasteiger partial charge on any atom is 0.251 e. The van der Waals surface area contributed by atoms with Gasteiger partial charge in [0.05, 0.1) is 12.7 Å². The molecule has 0 aliphatic heterocycles.